The number of ether oxygens (including phenoxy) is 2. The van der Waals surface area contributed by atoms with Crippen LogP contribution in [0.5, 0.6) is 11.5 Å². The van der Waals surface area contributed by atoms with Gasteiger partial charge in [0.15, 0.2) is 0 Å². The van der Waals surface area contributed by atoms with Crippen LogP contribution in [0, 0.1) is 6.92 Å². The molecule has 0 bridgehead atoms. The number of amides is 2. The van der Waals surface area contributed by atoms with Crippen molar-refractivity contribution in [1.82, 2.24) is 10.2 Å². The van der Waals surface area contributed by atoms with Gasteiger partial charge in [-0.2, -0.15) is 0 Å². The summed E-state index contributed by atoms with van der Waals surface area (Å²) in [6.45, 7) is 6.98. The van der Waals surface area contributed by atoms with E-state index < -0.39 is 34.1 Å². The maximum absolute atomic E-state index is 14.7. The minimum Gasteiger partial charge on any atom is -0.497 e. The zero-order valence-electron chi connectivity index (χ0n) is 28.1. The number of halogens is 1. The number of anilines is 1. The maximum Gasteiger partial charge on any atom is 0.264 e. The highest BCUT2D eigenvalue weighted by molar-refractivity contribution is 9.10. The highest BCUT2D eigenvalue weighted by atomic mass is 79.9. The van der Waals surface area contributed by atoms with Crippen LogP contribution in [-0.2, 0) is 32.6 Å². The summed E-state index contributed by atoms with van der Waals surface area (Å²) >= 11 is 3.39. The molecular formula is C37H42BrN3O6S. The van der Waals surface area contributed by atoms with Gasteiger partial charge in [-0.3, -0.25) is 13.9 Å². The molecular weight excluding hydrogens is 694 g/mol. The number of carbonyl (C=O) groups excluding carboxylic acids is 2. The van der Waals surface area contributed by atoms with E-state index >= 15 is 0 Å². The summed E-state index contributed by atoms with van der Waals surface area (Å²) < 4.78 is 41.0. The smallest absolute Gasteiger partial charge is 0.264 e. The Bertz CT molecular complexity index is 1830. The molecule has 4 aromatic carbocycles. The first kappa shape index (κ1) is 36.5. The molecule has 0 saturated heterocycles. The molecule has 0 radical (unpaired) electrons. The first-order valence-corrected chi connectivity index (χ1v) is 17.7. The van der Waals surface area contributed by atoms with Crippen LogP contribution < -0.4 is 19.1 Å². The summed E-state index contributed by atoms with van der Waals surface area (Å²) in [5, 5.41) is 3.04. The van der Waals surface area contributed by atoms with Crippen molar-refractivity contribution in [3.05, 3.63) is 118 Å². The number of sulfonamides is 1. The lowest BCUT2D eigenvalue weighted by Crippen LogP contribution is -2.56. The largest absolute Gasteiger partial charge is 0.497 e. The molecule has 4 aromatic rings. The Morgan fingerprint density at radius 2 is 1.52 bits per heavy atom. The van der Waals surface area contributed by atoms with Crippen molar-refractivity contribution in [2.75, 3.05) is 25.1 Å². The van der Waals surface area contributed by atoms with Crippen LogP contribution in [0.2, 0.25) is 0 Å². The highest BCUT2D eigenvalue weighted by Gasteiger charge is 2.36. The van der Waals surface area contributed by atoms with Crippen LogP contribution in [0.4, 0.5) is 5.69 Å². The van der Waals surface area contributed by atoms with Crippen LogP contribution in [0.15, 0.2) is 106 Å². The van der Waals surface area contributed by atoms with Crippen LogP contribution >= 0.6 is 15.9 Å². The lowest BCUT2D eigenvalue weighted by molar-refractivity contribution is -0.140. The minimum absolute atomic E-state index is 0.0287. The number of aryl methyl sites for hydroxylation is 1. The molecule has 0 aromatic heterocycles. The van der Waals surface area contributed by atoms with Gasteiger partial charge in [-0.25, -0.2) is 8.42 Å². The van der Waals surface area contributed by atoms with Gasteiger partial charge in [-0.1, -0.05) is 60.2 Å². The van der Waals surface area contributed by atoms with Gasteiger partial charge in [-0.05, 0) is 97.2 Å². The second kappa shape index (κ2) is 15.7. The van der Waals surface area contributed by atoms with E-state index in [9.17, 15) is 18.0 Å². The van der Waals surface area contributed by atoms with Crippen molar-refractivity contribution >= 4 is 43.5 Å². The molecule has 4 rings (SSSR count). The Labute approximate surface area is 292 Å². The Balaban J connectivity index is 1.84. The summed E-state index contributed by atoms with van der Waals surface area (Å²) in [5.74, 6) is 0.142. The standard InChI is InChI=1S/C37H42BrN3O6S/c1-26-15-17-29(18-16-26)41(48(44,45)31-19-20-34(47-6)32(38)23-31)25-35(42)40(24-28-13-10-14-30(21-28)46-5)33(36(43)39-37(2,3)4)22-27-11-8-7-9-12-27/h7-21,23,33H,22,24-25H2,1-6H3,(H,39,43)/t33-/m0/s1. The van der Waals surface area contributed by atoms with E-state index in [1.165, 1.54) is 24.1 Å². The molecule has 0 aliphatic rings. The van der Waals surface area contributed by atoms with Gasteiger partial charge in [0.1, 0.15) is 24.1 Å². The van der Waals surface area contributed by atoms with Crippen LogP contribution in [0.3, 0.4) is 0 Å². The van der Waals surface area contributed by atoms with Crippen molar-refractivity contribution in [3.8, 4) is 11.5 Å². The fourth-order valence-corrected chi connectivity index (χ4v) is 7.28. The molecule has 11 heteroatoms. The average molecular weight is 737 g/mol. The van der Waals surface area contributed by atoms with E-state index in [2.05, 4.69) is 21.2 Å². The van der Waals surface area contributed by atoms with Gasteiger partial charge >= 0.3 is 0 Å². The predicted octanol–water partition coefficient (Wildman–Crippen LogP) is 6.52. The van der Waals surface area contributed by atoms with Crippen molar-refractivity contribution in [3.63, 3.8) is 0 Å². The van der Waals surface area contributed by atoms with Gasteiger partial charge in [-0.15, -0.1) is 0 Å². The summed E-state index contributed by atoms with van der Waals surface area (Å²) in [6.07, 6.45) is 0.209. The van der Waals surface area contributed by atoms with E-state index in [0.29, 0.717) is 27.2 Å². The Morgan fingerprint density at radius 1 is 0.854 bits per heavy atom. The highest BCUT2D eigenvalue weighted by Crippen LogP contribution is 2.31. The quantitative estimate of drug-likeness (QED) is 0.168. The van der Waals surface area contributed by atoms with E-state index in [1.807, 2.05) is 70.2 Å². The lowest BCUT2D eigenvalue weighted by Gasteiger charge is -2.35. The van der Waals surface area contributed by atoms with Crippen LogP contribution in [-0.4, -0.2) is 57.5 Å². The molecule has 0 heterocycles. The second-order valence-electron chi connectivity index (χ2n) is 12.5. The topological polar surface area (TPSA) is 105 Å². The van der Waals surface area contributed by atoms with E-state index in [-0.39, 0.29) is 23.8 Å². The van der Waals surface area contributed by atoms with Gasteiger partial charge in [0.05, 0.1) is 29.3 Å². The third-order valence-corrected chi connectivity index (χ3v) is 9.96. The molecule has 1 atom stereocenters. The number of methoxy groups -OCH3 is 2. The number of hydrogen-bond acceptors (Lipinski definition) is 6. The van der Waals surface area contributed by atoms with Crippen molar-refractivity contribution in [2.24, 2.45) is 0 Å². The first-order valence-electron chi connectivity index (χ1n) is 15.4. The Morgan fingerprint density at radius 3 is 2.12 bits per heavy atom. The summed E-state index contributed by atoms with van der Waals surface area (Å²) in [6, 6.07) is 27.0. The van der Waals surface area contributed by atoms with E-state index in [4.69, 9.17) is 9.47 Å². The van der Waals surface area contributed by atoms with Gasteiger partial charge in [0.25, 0.3) is 10.0 Å². The zero-order valence-corrected chi connectivity index (χ0v) is 30.5. The zero-order chi connectivity index (χ0) is 35.1. The van der Waals surface area contributed by atoms with Crippen LogP contribution in [0.1, 0.15) is 37.5 Å². The van der Waals surface area contributed by atoms with Crippen LogP contribution in [0.25, 0.3) is 0 Å². The number of nitrogens with zero attached hydrogens (tertiary/aromatic N) is 2. The van der Waals surface area contributed by atoms with Gasteiger partial charge in [0.2, 0.25) is 11.8 Å². The van der Waals surface area contributed by atoms with E-state index in [1.54, 1.807) is 49.6 Å². The molecule has 0 aliphatic heterocycles. The Hall–Kier alpha value is -4.35. The number of rotatable bonds is 13. The number of carbonyl (C=O) groups is 2. The first-order chi connectivity index (χ1) is 22.7. The van der Waals surface area contributed by atoms with Crippen molar-refractivity contribution in [1.29, 1.82) is 0 Å². The molecule has 0 aliphatic carbocycles. The SMILES string of the molecule is COc1cccc(CN(C(=O)CN(c2ccc(C)cc2)S(=O)(=O)c2ccc(OC)c(Br)c2)[C@@H](Cc2ccccc2)C(=O)NC(C)(C)C)c1. The third kappa shape index (κ3) is 9.38. The normalized spacial score (nSPS) is 12.1. The minimum atomic E-state index is -4.28. The molecule has 48 heavy (non-hydrogen) atoms. The molecule has 254 valence electrons. The summed E-state index contributed by atoms with van der Waals surface area (Å²) in [7, 11) is -1.24. The predicted molar refractivity (Wildman–Crippen MR) is 192 cm³/mol. The molecule has 2 amide bonds. The molecule has 0 spiro atoms. The molecule has 0 unspecified atom stereocenters. The average Bonchev–Trinajstić information content (AvgIpc) is 3.05. The van der Waals surface area contributed by atoms with Gasteiger partial charge in [0, 0.05) is 18.5 Å². The monoisotopic (exact) mass is 735 g/mol. The fraction of sp³-hybridized carbons (Fsp3) is 0.297. The van der Waals surface area contributed by atoms with Crippen molar-refractivity contribution in [2.45, 2.75) is 57.1 Å². The number of benzene rings is 4. The summed E-state index contributed by atoms with van der Waals surface area (Å²) in [5.41, 5.74) is 2.21. The van der Waals surface area contributed by atoms with Gasteiger partial charge < -0.3 is 19.7 Å². The molecule has 0 fully saturated rings. The second-order valence-corrected chi connectivity index (χ2v) is 15.2. The molecule has 9 nitrogen and oxygen atoms in total. The fourth-order valence-electron chi connectivity index (χ4n) is 5.15. The number of nitrogens with one attached hydrogen (secondary N) is 1. The van der Waals surface area contributed by atoms with Crippen molar-refractivity contribution < 1.29 is 27.5 Å². The summed E-state index contributed by atoms with van der Waals surface area (Å²) in [4.78, 5) is 30.2. The molecule has 1 N–H and O–H groups in total. The maximum atomic E-state index is 14.7. The lowest BCUT2D eigenvalue weighted by atomic mass is 10.0. The molecule has 0 saturated carbocycles. The Kier molecular flexibility index (Phi) is 11.9. The van der Waals surface area contributed by atoms with E-state index in [0.717, 1.165) is 15.4 Å². The number of hydrogen-bond donors (Lipinski definition) is 1. The third-order valence-electron chi connectivity index (χ3n) is 7.57.